The van der Waals surface area contributed by atoms with Crippen LogP contribution in [-0.2, 0) is 4.79 Å². The number of carboxylic acid groups (broad SMARTS) is 1. The van der Waals surface area contributed by atoms with Crippen LogP contribution < -0.4 is 0 Å². The molecular formula is C14H23N3O3S. The van der Waals surface area contributed by atoms with Crippen LogP contribution in [0.3, 0.4) is 0 Å². The van der Waals surface area contributed by atoms with Gasteiger partial charge < -0.3 is 14.9 Å². The van der Waals surface area contributed by atoms with Crippen LogP contribution in [0.25, 0.3) is 0 Å². The van der Waals surface area contributed by atoms with Gasteiger partial charge in [0.05, 0.1) is 5.88 Å². The first-order valence-corrected chi connectivity index (χ1v) is 8.85. The SMILES string of the molecule is CC1CN2CCCCC2CN1C(=O)N1CSCC1C(=O)O. The molecule has 2 amide bonds. The lowest BCUT2D eigenvalue weighted by atomic mass is 9.97. The summed E-state index contributed by atoms with van der Waals surface area (Å²) in [5, 5.41) is 9.25. The average molecular weight is 313 g/mol. The lowest BCUT2D eigenvalue weighted by Crippen LogP contribution is -2.62. The number of nitrogens with zero attached hydrogens (tertiary/aromatic N) is 3. The highest BCUT2D eigenvalue weighted by Crippen LogP contribution is 2.28. The fourth-order valence-electron chi connectivity index (χ4n) is 3.62. The molecule has 3 aliphatic heterocycles. The highest BCUT2D eigenvalue weighted by atomic mass is 32.2. The van der Waals surface area contributed by atoms with Crippen molar-refractivity contribution in [2.24, 2.45) is 0 Å². The summed E-state index contributed by atoms with van der Waals surface area (Å²) < 4.78 is 0. The molecule has 3 aliphatic rings. The Morgan fingerprint density at radius 1 is 1.19 bits per heavy atom. The van der Waals surface area contributed by atoms with Crippen molar-refractivity contribution in [2.45, 2.75) is 44.3 Å². The highest BCUT2D eigenvalue weighted by Gasteiger charge is 2.41. The minimum Gasteiger partial charge on any atom is -0.480 e. The molecule has 6 nitrogen and oxygen atoms in total. The number of urea groups is 1. The van der Waals surface area contributed by atoms with Crippen molar-refractivity contribution in [3.8, 4) is 0 Å². The zero-order chi connectivity index (χ0) is 15.0. The minimum atomic E-state index is -0.891. The molecular weight excluding hydrogens is 290 g/mol. The molecule has 3 fully saturated rings. The van der Waals surface area contributed by atoms with E-state index in [2.05, 4.69) is 11.8 Å². The van der Waals surface area contributed by atoms with E-state index in [4.69, 9.17) is 0 Å². The first kappa shape index (κ1) is 15.0. The van der Waals surface area contributed by atoms with Gasteiger partial charge in [-0.05, 0) is 26.3 Å². The van der Waals surface area contributed by atoms with Crippen LogP contribution in [0.1, 0.15) is 26.2 Å². The largest absolute Gasteiger partial charge is 0.480 e. The number of hydrogen-bond acceptors (Lipinski definition) is 4. The molecule has 3 saturated heterocycles. The molecule has 7 heteroatoms. The average Bonchev–Trinajstić information content (AvgIpc) is 2.95. The summed E-state index contributed by atoms with van der Waals surface area (Å²) in [7, 11) is 0. The number of fused-ring (bicyclic) bond motifs is 1. The normalized spacial score (nSPS) is 33.9. The van der Waals surface area contributed by atoms with E-state index in [1.807, 2.05) is 4.90 Å². The minimum absolute atomic E-state index is 0.0925. The van der Waals surface area contributed by atoms with Crippen LogP contribution >= 0.6 is 11.8 Å². The van der Waals surface area contributed by atoms with Crippen LogP contribution in [0.2, 0.25) is 0 Å². The number of hydrogen-bond donors (Lipinski definition) is 1. The van der Waals surface area contributed by atoms with Gasteiger partial charge in [0.2, 0.25) is 0 Å². The van der Waals surface area contributed by atoms with Gasteiger partial charge >= 0.3 is 12.0 Å². The standard InChI is InChI=1S/C14H23N3O3S/c1-10-6-15-5-3-2-4-11(15)7-16(10)14(20)17-9-21-8-12(17)13(18)19/h10-12H,2-9H2,1H3,(H,18,19). The van der Waals surface area contributed by atoms with E-state index in [1.165, 1.54) is 29.5 Å². The number of piperidine rings is 1. The number of carbonyl (C=O) groups excluding carboxylic acids is 1. The second-order valence-electron chi connectivity index (χ2n) is 6.25. The molecule has 21 heavy (non-hydrogen) atoms. The number of aliphatic carboxylic acids is 1. The number of rotatable bonds is 1. The summed E-state index contributed by atoms with van der Waals surface area (Å²) in [6, 6.07) is -0.145. The maximum absolute atomic E-state index is 12.8. The molecule has 3 unspecified atom stereocenters. The number of amides is 2. The summed E-state index contributed by atoms with van der Waals surface area (Å²) in [5.74, 6) is 0.101. The third-order valence-electron chi connectivity index (χ3n) is 4.85. The van der Waals surface area contributed by atoms with Crippen molar-refractivity contribution in [1.82, 2.24) is 14.7 Å². The van der Waals surface area contributed by atoms with Gasteiger partial charge in [0.15, 0.2) is 0 Å². The third kappa shape index (κ3) is 2.85. The molecule has 3 heterocycles. The zero-order valence-corrected chi connectivity index (χ0v) is 13.2. The quantitative estimate of drug-likeness (QED) is 0.786. The second-order valence-corrected chi connectivity index (χ2v) is 7.25. The predicted molar refractivity (Wildman–Crippen MR) is 81.4 cm³/mol. The van der Waals surface area contributed by atoms with Crippen molar-refractivity contribution >= 4 is 23.8 Å². The summed E-state index contributed by atoms with van der Waals surface area (Å²) in [5.41, 5.74) is 0. The van der Waals surface area contributed by atoms with E-state index in [9.17, 15) is 14.7 Å². The Bertz CT molecular complexity index is 434. The van der Waals surface area contributed by atoms with Crippen molar-refractivity contribution in [3.63, 3.8) is 0 Å². The van der Waals surface area contributed by atoms with Crippen molar-refractivity contribution < 1.29 is 14.7 Å². The number of carbonyl (C=O) groups is 2. The molecule has 0 aliphatic carbocycles. The van der Waals surface area contributed by atoms with E-state index in [1.54, 1.807) is 0 Å². The van der Waals surface area contributed by atoms with Gasteiger partial charge in [-0.1, -0.05) is 6.42 Å². The lowest BCUT2D eigenvalue weighted by molar-refractivity contribution is -0.141. The van der Waals surface area contributed by atoms with Crippen LogP contribution in [0.15, 0.2) is 0 Å². The number of piperazine rings is 1. The molecule has 0 spiro atoms. The highest BCUT2D eigenvalue weighted by molar-refractivity contribution is 7.99. The molecule has 118 valence electrons. The van der Waals surface area contributed by atoms with Crippen LogP contribution in [-0.4, -0.2) is 81.2 Å². The summed E-state index contributed by atoms with van der Waals surface area (Å²) in [6.45, 7) is 4.86. The Morgan fingerprint density at radius 2 is 2.00 bits per heavy atom. The molecule has 1 N–H and O–H groups in total. The monoisotopic (exact) mass is 313 g/mol. The molecule has 0 bridgehead atoms. The van der Waals surface area contributed by atoms with E-state index in [0.717, 1.165) is 26.1 Å². The van der Waals surface area contributed by atoms with Gasteiger partial charge in [0.25, 0.3) is 0 Å². The number of carboxylic acids is 1. The van der Waals surface area contributed by atoms with Crippen LogP contribution in [0.4, 0.5) is 4.79 Å². The summed E-state index contributed by atoms with van der Waals surface area (Å²) in [4.78, 5) is 29.9. The van der Waals surface area contributed by atoms with Gasteiger partial charge in [-0.15, -0.1) is 11.8 Å². The molecule has 0 saturated carbocycles. The first-order valence-electron chi connectivity index (χ1n) is 7.69. The van der Waals surface area contributed by atoms with Crippen LogP contribution in [0.5, 0.6) is 0 Å². The van der Waals surface area contributed by atoms with E-state index in [0.29, 0.717) is 17.7 Å². The van der Waals surface area contributed by atoms with E-state index >= 15 is 0 Å². The maximum Gasteiger partial charge on any atom is 0.327 e. The fourth-order valence-corrected chi connectivity index (χ4v) is 4.76. The smallest absolute Gasteiger partial charge is 0.327 e. The molecule has 0 aromatic carbocycles. The Morgan fingerprint density at radius 3 is 2.76 bits per heavy atom. The van der Waals surface area contributed by atoms with Gasteiger partial charge in [0, 0.05) is 30.9 Å². The maximum atomic E-state index is 12.8. The molecule has 0 aromatic heterocycles. The van der Waals surface area contributed by atoms with Crippen molar-refractivity contribution in [3.05, 3.63) is 0 Å². The topological polar surface area (TPSA) is 64.1 Å². The Balaban J connectivity index is 1.70. The number of thioether (sulfide) groups is 1. The summed E-state index contributed by atoms with van der Waals surface area (Å²) in [6.07, 6.45) is 3.63. The molecule has 0 radical (unpaired) electrons. The zero-order valence-electron chi connectivity index (χ0n) is 12.4. The summed E-state index contributed by atoms with van der Waals surface area (Å²) >= 11 is 1.52. The Labute approximate surface area is 129 Å². The molecule has 3 rings (SSSR count). The van der Waals surface area contributed by atoms with E-state index < -0.39 is 12.0 Å². The Kier molecular flexibility index (Phi) is 4.31. The van der Waals surface area contributed by atoms with Gasteiger partial charge in [-0.3, -0.25) is 4.90 Å². The Hall–Kier alpha value is -0.950. The van der Waals surface area contributed by atoms with E-state index in [-0.39, 0.29) is 12.1 Å². The fraction of sp³-hybridized carbons (Fsp3) is 0.857. The molecule has 0 aromatic rings. The first-order chi connectivity index (χ1) is 10.1. The third-order valence-corrected chi connectivity index (χ3v) is 5.86. The van der Waals surface area contributed by atoms with Crippen molar-refractivity contribution in [1.29, 1.82) is 0 Å². The van der Waals surface area contributed by atoms with Gasteiger partial charge in [0.1, 0.15) is 6.04 Å². The van der Waals surface area contributed by atoms with Gasteiger partial charge in [-0.25, -0.2) is 9.59 Å². The molecule has 3 atom stereocenters. The van der Waals surface area contributed by atoms with Gasteiger partial charge in [-0.2, -0.15) is 0 Å². The second kappa shape index (κ2) is 6.04. The lowest BCUT2D eigenvalue weighted by Gasteiger charge is -2.48. The van der Waals surface area contributed by atoms with Crippen molar-refractivity contribution in [2.75, 3.05) is 31.3 Å². The van der Waals surface area contributed by atoms with Crippen LogP contribution in [0, 0.1) is 0 Å². The predicted octanol–water partition coefficient (Wildman–Crippen LogP) is 1.12.